The van der Waals surface area contributed by atoms with E-state index < -0.39 is 13.4 Å². The highest BCUT2D eigenvalue weighted by molar-refractivity contribution is 7.54. The van der Waals surface area contributed by atoms with Crippen molar-refractivity contribution in [3.63, 3.8) is 0 Å². The predicted molar refractivity (Wildman–Crippen MR) is 93.6 cm³/mol. The molecule has 0 amide bonds. The maximum Gasteiger partial charge on any atom is 0.351 e. The van der Waals surface area contributed by atoms with Gasteiger partial charge in [0.25, 0.3) is 0 Å². The predicted octanol–water partition coefficient (Wildman–Crippen LogP) is 5.07. The molecular formula is C15H22Cl2NO3P. The van der Waals surface area contributed by atoms with Crippen LogP contribution in [0.1, 0.15) is 19.4 Å². The third-order valence-corrected chi connectivity index (χ3v) is 5.98. The van der Waals surface area contributed by atoms with Crippen molar-refractivity contribution >= 4 is 35.8 Å². The second-order valence-corrected chi connectivity index (χ2v) is 7.74. The third kappa shape index (κ3) is 5.38. The lowest BCUT2D eigenvalue weighted by molar-refractivity contribution is 0.196. The van der Waals surface area contributed by atoms with Crippen molar-refractivity contribution in [1.82, 2.24) is 4.90 Å². The fraction of sp³-hybridized carbons (Fsp3) is 0.467. The Bertz CT molecular complexity index is 536. The van der Waals surface area contributed by atoms with Gasteiger partial charge in [-0.2, -0.15) is 0 Å². The van der Waals surface area contributed by atoms with E-state index in [0.717, 1.165) is 5.56 Å². The molecule has 0 fully saturated rings. The van der Waals surface area contributed by atoms with Crippen molar-refractivity contribution in [2.45, 2.75) is 19.6 Å². The number of halogens is 2. The summed E-state index contributed by atoms with van der Waals surface area (Å²) < 4.78 is 23.8. The van der Waals surface area contributed by atoms with Gasteiger partial charge < -0.3 is 9.05 Å². The van der Waals surface area contributed by atoms with Crippen LogP contribution in [0.4, 0.5) is 0 Å². The average Bonchev–Trinajstić information content (AvgIpc) is 2.45. The molecule has 0 spiro atoms. The number of rotatable bonds is 8. The van der Waals surface area contributed by atoms with E-state index in [2.05, 4.69) is 0 Å². The maximum absolute atomic E-state index is 13.0. The van der Waals surface area contributed by atoms with Crippen molar-refractivity contribution in [1.29, 1.82) is 0 Å². The Morgan fingerprint density at radius 2 is 1.73 bits per heavy atom. The van der Waals surface area contributed by atoms with E-state index in [1.54, 1.807) is 63.2 Å². The molecule has 0 saturated heterocycles. The van der Waals surface area contributed by atoms with Gasteiger partial charge >= 0.3 is 7.60 Å². The molecule has 0 aliphatic rings. The van der Waals surface area contributed by atoms with E-state index in [1.165, 1.54) is 0 Å². The van der Waals surface area contributed by atoms with Crippen molar-refractivity contribution in [3.8, 4) is 0 Å². The van der Waals surface area contributed by atoms with Gasteiger partial charge in [-0.3, -0.25) is 9.46 Å². The second kappa shape index (κ2) is 9.07. The van der Waals surface area contributed by atoms with E-state index in [9.17, 15) is 4.57 Å². The molecule has 0 aromatic heterocycles. The summed E-state index contributed by atoms with van der Waals surface area (Å²) >= 11 is 12.2. The van der Waals surface area contributed by atoms with Crippen molar-refractivity contribution in [2.24, 2.45) is 0 Å². The van der Waals surface area contributed by atoms with Crippen LogP contribution in [0.15, 0.2) is 30.3 Å². The monoisotopic (exact) mass is 365 g/mol. The first-order valence-electron chi connectivity index (χ1n) is 7.02. The van der Waals surface area contributed by atoms with Crippen LogP contribution in [0.5, 0.6) is 0 Å². The normalized spacial score (nSPS) is 14.4. The Morgan fingerprint density at radius 1 is 1.23 bits per heavy atom. The van der Waals surface area contributed by atoms with Crippen molar-refractivity contribution < 1.29 is 13.6 Å². The third-order valence-electron chi connectivity index (χ3n) is 2.89. The Morgan fingerprint density at radius 3 is 2.14 bits per heavy atom. The molecule has 0 radical (unpaired) electrons. The van der Waals surface area contributed by atoms with Crippen LogP contribution in [0, 0.1) is 0 Å². The number of likely N-dealkylation sites (N-methyl/N-ethyl adjacent to an activating group) is 1. The highest BCUT2D eigenvalue weighted by atomic mass is 35.5. The Labute approximate surface area is 142 Å². The van der Waals surface area contributed by atoms with Gasteiger partial charge in [-0.15, -0.1) is 0 Å². The largest absolute Gasteiger partial charge is 0.351 e. The van der Waals surface area contributed by atoms with Crippen LogP contribution in [0.25, 0.3) is 5.03 Å². The molecule has 22 heavy (non-hydrogen) atoms. The molecule has 1 rings (SSSR count). The van der Waals surface area contributed by atoms with Gasteiger partial charge in [-0.1, -0.05) is 35.3 Å². The van der Waals surface area contributed by atoms with Gasteiger partial charge in [-0.25, -0.2) is 0 Å². The number of nitrogens with zero attached hydrogens (tertiary/aromatic N) is 1. The molecule has 0 aliphatic heterocycles. The molecule has 0 unspecified atom stereocenters. The van der Waals surface area contributed by atoms with Crippen LogP contribution in [0.2, 0.25) is 5.02 Å². The van der Waals surface area contributed by atoms with Gasteiger partial charge in [0, 0.05) is 10.1 Å². The summed E-state index contributed by atoms with van der Waals surface area (Å²) in [5.41, 5.74) is 0.789. The van der Waals surface area contributed by atoms with Gasteiger partial charge in [0.1, 0.15) is 5.78 Å². The molecule has 1 aromatic carbocycles. The lowest BCUT2D eigenvalue weighted by Crippen LogP contribution is -2.28. The van der Waals surface area contributed by atoms with Crippen molar-refractivity contribution in [2.75, 3.05) is 27.3 Å². The lowest BCUT2D eigenvalue weighted by Gasteiger charge is -2.29. The minimum atomic E-state index is -3.33. The average molecular weight is 366 g/mol. The fourth-order valence-corrected chi connectivity index (χ4v) is 4.37. The molecule has 0 saturated carbocycles. The summed E-state index contributed by atoms with van der Waals surface area (Å²) in [6, 6.07) is 7.12. The number of hydrogen-bond acceptors (Lipinski definition) is 4. The fourth-order valence-electron chi connectivity index (χ4n) is 1.91. The molecular weight excluding hydrogens is 344 g/mol. The van der Waals surface area contributed by atoms with Crippen LogP contribution >= 0.6 is 30.8 Å². The standard InChI is InChI=1S/C15H22Cl2NO3P/c1-5-20-22(19,21-6-2)15(18(3)4)11-14(17)12-7-9-13(16)10-8-12/h7-11,15H,5-6H2,1-4H3/b14-11-/t15-/m1/s1. The Kier molecular flexibility index (Phi) is 8.12. The molecule has 1 atom stereocenters. The van der Waals surface area contributed by atoms with E-state index >= 15 is 0 Å². The SMILES string of the molecule is CCOP(=O)(OCC)[C@H](/C=C(\Cl)c1ccc(Cl)cc1)N(C)C. The first-order valence-corrected chi connectivity index (χ1v) is 9.39. The molecule has 124 valence electrons. The highest BCUT2D eigenvalue weighted by Gasteiger charge is 2.36. The summed E-state index contributed by atoms with van der Waals surface area (Å²) in [5.74, 6) is -0.574. The van der Waals surface area contributed by atoms with E-state index in [0.29, 0.717) is 23.3 Å². The van der Waals surface area contributed by atoms with E-state index in [4.69, 9.17) is 32.2 Å². The molecule has 0 heterocycles. The maximum atomic E-state index is 13.0. The molecule has 0 aliphatic carbocycles. The molecule has 0 N–H and O–H groups in total. The Hall–Kier alpha value is -0.350. The van der Waals surface area contributed by atoms with Gasteiger partial charge in [0.15, 0.2) is 0 Å². The topological polar surface area (TPSA) is 38.8 Å². The smallest absolute Gasteiger partial charge is 0.308 e. The first-order chi connectivity index (χ1) is 10.3. The number of benzene rings is 1. The van der Waals surface area contributed by atoms with Crippen LogP contribution in [-0.2, 0) is 13.6 Å². The highest BCUT2D eigenvalue weighted by Crippen LogP contribution is 2.54. The van der Waals surface area contributed by atoms with Gasteiger partial charge in [0.05, 0.1) is 13.2 Å². The first kappa shape index (κ1) is 19.7. The van der Waals surface area contributed by atoms with Crippen LogP contribution in [-0.4, -0.2) is 38.0 Å². The zero-order valence-corrected chi connectivity index (χ0v) is 15.7. The molecule has 7 heteroatoms. The summed E-state index contributed by atoms with van der Waals surface area (Å²) in [5, 5.41) is 1.10. The molecule has 0 bridgehead atoms. The zero-order chi connectivity index (χ0) is 16.8. The minimum Gasteiger partial charge on any atom is -0.308 e. The van der Waals surface area contributed by atoms with Crippen molar-refractivity contribution in [3.05, 3.63) is 40.9 Å². The van der Waals surface area contributed by atoms with Gasteiger partial charge in [-0.05, 0) is 51.7 Å². The summed E-state index contributed by atoms with van der Waals surface area (Å²) in [6.07, 6.45) is 1.69. The molecule has 4 nitrogen and oxygen atoms in total. The van der Waals surface area contributed by atoms with Crippen LogP contribution < -0.4 is 0 Å². The summed E-state index contributed by atoms with van der Waals surface area (Å²) in [7, 11) is 0.276. The second-order valence-electron chi connectivity index (χ2n) is 4.77. The number of hydrogen-bond donors (Lipinski definition) is 0. The lowest BCUT2D eigenvalue weighted by atomic mass is 10.2. The summed E-state index contributed by atoms with van der Waals surface area (Å²) in [6.45, 7) is 4.16. The summed E-state index contributed by atoms with van der Waals surface area (Å²) in [4.78, 5) is 1.77. The van der Waals surface area contributed by atoms with E-state index in [-0.39, 0.29) is 0 Å². The Balaban J connectivity index is 3.16. The zero-order valence-electron chi connectivity index (χ0n) is 13.3. The minimum absolute atomic E-state index is 0.300. The van der Waals surface area contributed by atoms with Crippen LogP contribution in [0.3, 0.4) is 0 Å². The quantitative estimate of drug-likeness (QED) is 0.602. The van der Waals surface area contributed by atoms with Gasteiger partial charge in [0.2, 0.25) is 0 Å². The molecule has 1 aromatic rings. The van der Waals surface area contributed by atoms with E-state index in [1.807, 2.05) is 0 Å².